The van der Waals surface area contributed by atoms with Crippen molar-refractivity contribution < 1.29 is 15.0 Å². The van der Waals surface area contributed by atoms with Crippen molar-refractivity contribution in [2.75, 3.05) is 0 Å². The average Bonchev–Trinajstić information content (AvgIpc) is 2.58. The van der Waals surface area contributed by atoms with Crippen molar-refractivity contribution in [1.82, 2.24) is 0 Å². The van der Waals surface area contributed by atoms with Crippen LogP contribution >= 0.6 is 0 Å². The Balaban J connectivity index is 3.61. The van der Waals surface area contributed by atoms with E-state index < -0.39 is 12.1 Å². The van der Waals surface area contributed by atoms with E-state index in [4.69, 9.17) is 5.11 Å². The number of aliphatic carboxylic acids is 1. The molecule has 1 atom stereocenters. The highest BCUT2D eigenvalue weighted by molar-refractivity contribution is 5.66. The van der Waals surface area contributed by atoms with Crippen LogP contribution in [0.25, 0.3) is 0 Å². The maximum atomic E-state index is 10.4. The molecule has 0 amide bonds. The highest BCUT2D eigenvalue weighted by atomic mass is 16.4. The van der Waals surface area contributed by atoms with E-state index in [1.165, 1.54) is 0 Å². The van der Waals surface area contributed by atoms with Crippen LogP contribution in [0, 0.1) is 0 Å². The Labute approximate surface area is 153 Å². The van der Waals surface area contributed by atoms with Crippen LogP contribution in [0.5, 0.6) is 0 Å². The fraction of sp³-hybridized carbons (Fsp3) is 0.500. The number of aliphatic hydroxyl groups excluding tert-OH is 1. The minimum Gasteiger partial charge on any atom is -0.481 e. The molecule has 0 aromatic carbocycles. The summed E-state index contributed by atoms with van der Waals surface area (Å²) >= 11 is 0. The molecule has 0 bridgehead atoms. The zero-order valence-corrected chi connectivity index (χ0v) is 15.5. The molecule has 0 saturated heterocycles. The molecule has 3 heteroatoms. The van der Waals surface area contributed by atoms with Crippen molar-refractivity contribution in [3.05, 3.63) is 60.8 Å². The third kappa shape index (κ3) is 20.1. The Morgan fingerprint density at radius 1 is 0.880 bits per heavy atom. The van der Waals surface area contributed by atoms with Gasteiger partial charge in [-0.25, -0.2) is 0 Å². The van der Waals surface area contributed by atoms with Gasteiger partial charge in [-0.3, -0.25) is 4.79 Å². The normalized spacial score (nSPS) is 14.0. The van der Waals surface area contributed by atoms with Crippen LogP contribution in [0.1, 0.15) is 64.7 Å². The predicted octanol–water partition coefficient (Wildman–Crippen LogP) is 5.74. The van der Waals surface area contributed by atoms with E-state index in [1.807, 2.05) is 18.2 Å². The molecule has 0 saturated carbocycles. The minimum atomic E-state index is -0.710. The largest absolute Gasteiger partial charge is 0.481 e. The van der Waals surface area contributed by atoms with E-state index in [9.17, 15) is 9.90 Å². The second-order valence-electron chi connectivity index (χ2n) is 5.90. The van der Waals surface area contributed by atoms with Crippen LogP contribution < -0.4 is 0 Å². The molecule has 0 fully saturated rings. The van der Waals surface area contributed by atoms with Crippen LogP contribution in [-0.4, -0.2) is 22.3 Å². The Kier molecular flexibility index (Phi) is 17.1. The van der Waals surface area contributed by atoms with E-state index in [-0.39, 0.29) is 6.42 Å². The number of aliphatic hydroxyl groups is 1. The van der Waals surface area contributed by atoms with Gasteiger partial charge in [-0.2, -0.15) is 0 Å². The summed E-state index contributed by atoms with van der Waals surface area (Å²) < 4.78 is 0. The predicted molar refractivity (Wildman–Crippen MR) is 107 cm³/mol. The SMILES string of the molecule is CC/C=C/C/C=C/C=C/C(O)C/C=C/C/C=C/CCCCCC(=O)O. The van der Waals surface area contributed by atoms with Crippen LogP contribution in [0.3, 0.4) is 0 Å². The van der Waals surface area contributed by atoms with Crippen LogP contribution in [0.4, 0.5) is 0 Å². The molecule has 0 heterocycles. The zero-order valence-electron chi connectivity index (χ0n) is 15.5. The van der Waals surface area contributed by atoms with Crippen molar-refractivity contribution in [3.63, 3.8) is 0 Å². The van der Waals surface area contributed by atoms with Gasteiger partial charge in [0.2, 0.25) is 0 Å². The lowest BCUT2D eigenvalue weighted by atomic mass is 10.1. The standard InChI is InChI=1S/C22H34O3/c1-2-3-4-5-9-12-15-18-21(23)19-16-13-10-7-6-8-11-14-17-20-22(24)25/h3-4,6-7,9,12-13,15-16,18,21,23H,2,5,8,10-11,14,17,19-20H2,1H3,(H,24,25)/b4-3+,7-6+,12-9+,16-13+,18-15+. The van der Waals surface area contributed by atoms with E-state index in [0.29, 0.717) is 6.42 Å². The first kappa shape index (κ1) is 23.1. The van der Waals surface area contributed by atoms with Gasteiger partial charge in [-0.15, -0.1) is 0 Å². The molecule has 0 aromatic heterocycles. The van der Waals surface area contributed by atoms with Gasteiger partial charge >= 0.3 is 5.97 Å². The third-order valence-corrected chi connectivity index (χ3v) is 3.50. The van der Waals surface area contributed by atoms with Gasteiger partial charge in [0.05, 0.1) is 6.10 Å². The highest BCUT2D eigenvalue weighted by Crippen LogP contribution is 2.04. The van der Waals surface area contributed by atoms with Crippen molar-refractivity contribution in [3.8, 4) is 0 Å². The second-order valence-corrected chi connectivity index (χ2v) is 5.90. The Morgan fingerprint density at radius 2 is 1.60 bits per heavy atom. The first-order valence-corrected chi connectivity index (χ1v) is 9.35. The van der Waals surface area contributed by atoms with Crippen molar-refractivity contribution >= 4 is 5.97 Å². The summed E-state index contributed by atoms with van der Waals surface area (Å²) in [5.41, 5.74) is 0. The molecule has 1 unspecified atom stereocenters. The molecule has 0 aliphatic carbocycles. The Morgan fingerprint density at radius 3 is 2.36 bits per heavy atom. The number of carboxylic acid groups (broad SMARTS) is 1. The number of hydrogen-bond donors (Lipinski definition) is 2. The number of unbranched alkanes of at least 4 members (excludes halogenated alkanes) is 3. The number of hydrogen-bond acceptors (Lipinski definition) is 2. The summed E-state index contributed by atoms with van der Waals surface area (Å²) in [4.78, 5) is 10.4. The Bertz CT molecular complexity index is 456. The summed E-state index contributed by atoms with van der Waals surface area (Å²) in [5.74, 6) is -0.710. The maximum absolute atomic E-state index is 10.4. The van der Waals surface area contributed by atoms with Crippen molar-refractivity contribution in [2.45, 2.75) is 70.8 Å². The van der Waals surface area contributed by atoms with E-state index >= 15 is 0 Å². The molecule has 0 aromatic rings. The van der Waals surface area contributed by atoms with Crippen molar-refractivity contribution in [1.29, 1.82) is 0 Å². The van der Waals surface area contributed by atoms with Gasteiger partial charge in [0, 0.05) is 6.42 Å². The molecule has 0 radical (unpaired) electrons. The Hall–Kier alpha value is -1.87. The average molecular weight is 347 g/mol. The molecule has 0 rings (SSSR count). The first-order chi connectivity index (χ1) is 12.2. The molecular formula is C22H34O3. The molecule has 2 N–H and O–H groups in total. The third-order valence-electron chi connectivity index (χ3n) is 3.50. The van der Waals surface area contributed by atoms with Crippen LogP contribution in [-0.2, 0) is 4.79 Å². The molecule has 25 heavy (non-hydrogen) atoms. The molecule has 0 aliphatic rings. The lowest BCUT2D eigenvalue weighted by molar-refractivity contribution is -0.137. The van der Waals surface area contributed by atoms with E-state index in [0.717, 1.165) is 44.9 Å². The lowest BCUT2D eigenvalue weighted by Crippen LogP contribution is -1.98. The minimum absolute atomic E-state index is 0.273. The van der Waals surface area contributed by atoms with Gasteiger partial charge in [-0.1, -0.05) is 74.1 Å². The molecule has 140 valence electrons. The number of carbonyl (C=O) groups is 1. The summed E-state index contributed by atoms with van der Waals surface area (Å²) in [6.45, 7) is 2.12. The summed E-state index contributed by atoms with van der Waals surface area (Å²) in [7, 11) is 0. The maximum Gasteiger partial charge on any atom is 0.303 e. The molecule has 3 nitrogen and oxygen atoms in total. The monoisotopic (exact) mass is 346 g/mol. The van der Waals surface area contributed by atoms with Gasteiger partial charge < -0.3 is 10.2 Å². The summed E-state index contributed by atoms with van der Waals surface area (Å²) in [5, 5.41) is 18.3. The highest BCUT2D eigenvalue weighted by Gasteiger charge is 1.95. The number of carboxylic acids is 1. The van der Waals surface area contributed by atoms with Crippen LogP contribution in [0.2, 0.25) is 0 Å². The molecule has 0 aliphatic heterocycles. The quantitative estimate of drug-likeness (QED) is 0.226. The molecule has 0 spiro atoms. The van der Waals surface area contributed by atoms with Gasteiger partial charge in [0.15, 0.2) is 0 Å². The van der Waals surface area contributed by atoms with Gasteiger partial charge in [0.25, 0.3) is 0 Å². The van der Waals surface area contributed by atoms with E-state index in [1.54, 1.807) is 6.08 Å². The van der Waals surface area contributed by atoms with Gasteiger partial charge in [-0.05, 0) is 44.9 Å². The topological polar surface area (TPSA) is 57.5 Å². The van der Waals surface area contributed by atoms with E-state index in [2.05, 4.69) is 43.4 Å². The van der Waals surface area contributed by atoms with Gasteiger partial charge in [0.1, 0.15) is 0 Å². The van der Waals surface area contributed by atoms with Crippen LogP contribution in [0.15, 0.2) is 60.8 Å². The van der Waals surface area contributed by atoms with Crippen molar-refractivity contribution in [2.24, 2.45) is 0 Å². The fourth-order valence-corrected chi connectivity index (χ4v) is 2.11. The molecular weight excluding hydrogens is 312 g/mol. The second kappa shape index (κ2) is 18.5. The first-order valence-electron chi connectivity index (χ1n) is 9.35. The number of allylic oxidation sites excluding steroid dienone is 8. The fourth-order valence-electron chi connectivity index (χ4n) is 2.11. The summed E-state index contributed by atoms with van der Waals surface area (Å²) in [6, 6.07) is 0. The summed E-state index contributed by atoms with van der Waals surface area (Å²) in [6.07, 6.45) is 27.4. The number of rotatable bonds is 15. The zero-order chi connectivity index (χ0) is 18.6. The lowest BCUT2D eigenvalue weighted by Gasteiger charge is -1.98. The smallest absolute Gasteiger partial charge is 0.303 e.